The first-order chi connectivity index (χ1) is 14.0. The van der Waals surface area contributed by atoms with E-state index in [0.717, 1.165) is 6.08 Å². The van der Waals surface area contributed by atoms with Gasteiger partial charge in [-0.1, -0.05) is 36.9 Å². The van der Waals surface area contributed by atoms with E-state index in [9.17, 15) is 14.4 Å². The number of benzene rings is 3. The number of carbonyl (C=O) groups is 3. The zero-order chi connectivity index (χ0) is 20.6. The minimum absolute atomic E-state index is 0.128. The second-order valence-electron chi connectivity index (χ2n) is 5.77. The van der Waals surface area contributed by atoms with Gasteiger partial charge in [-0.05, 0) is 48.5 Å². The molecule has 0 atom stereocenters. The van der Waals surface area contributed by atoms with Gasteiger partial charge in [-0.3, -0.25) is 4.79 Å². The maximum absolute atomic E-state index is 12.4. The summed E-state index contributed by atoms with van der Waals surface area (Å²) in [6, 6.07) is 20.9. The largest absolute Gasteiger partial charge is 0.519 e. The van der Waals surface area contributed by atoms with Crippen molar-refractivity contribution in [2.45, 2.75) is 0 Å². The second kappa shape index (κ2) is 9.14. The minimum Gasteiger partial charge on any atom is -0.423 e. The van der Waals surface area contributed by atoms with Crippen LogP contribution in [0, 0.1) is 0 Å². The Kier molecular flexibility index (Phi) is 6.17. The number of carbonyl (C=O) groups excluding carboxylic acids is 3. The molecule has 0 spiro atoms. The molecule has 29 heavy (non-hydrogen) atoms. The molecule has 6 nitrogen and oxygen atoms in total. The van der Waals surface area contributed by atoms with Crippen molar-refractivity contribution in [3.8, 4) is 17.2 Å². The van der Waals surface area contributed by atoms with Gasteiger partial charge in [0.25, 0.3) is 0 Å². The van der Waals surface area contributed by atoms with Gasteiger partial charge in [0.2, 0.25) is 0 Å². The highest BCUT2D eigenvalue weighted by atomic mass is 16.7. The monoisotopic (exact) mass is 388 g/mol. The molecule has 0 heterocycles. The van der Waals surface area contributed by atoms with Crippen molar-refractivity contribution in [2.24, 2.45) is 0 Å². The molecule has 0 aliphatic carbocycles. The standard InChI is InChI=1S/C23H16O6/c1-2-21(24)27-18-12-14-20(15-13-18)29-23(26)28-19-10-8-17(9-11-19)22(25)16-6-4-3-5-7-16/h2-15H,1H2. The summed E-state index contributed by atoms with van der Waals surface area (Å²) in [6.07, 6.45) is 0.100. The molecule has 0 amide bonds. The lowest BCUT2D eigenvalue weighted by molar-refractivity contribution is -0.128. The van der Waals surface area contributed by atoms with E-state index in [4.69, 9.17) is 14.2 Å². The van der Waals surface area contributed by atoms with Crippen molar-refractivity contribution < 1.29 is 28.6 Å². The van der Waals surface area contributed by atoms with Crippen molar-refractivity contribution in [2.75, 3.05) is 0 Å². The van der Waals surface area contributed by atoms with E-state index in [-0.39, 0.29) is 23.0 Å². The normalized spacial score (nSPS) is 9.93. The fourth-order valence-electron chi connectivity index (χ4n) is 2.38. The van der Waals surface area contributed by atoms with Crippen molar-refractivity contribution >= 4 is 17.9 Å². The smallest absolute Gasteiger partial charge is 0.423 e. The number of rotatable bonds is 6. The minimum atomic E-state index is -0.942. The number of hydrogen-bond donors (Lipinski definition) is 0. The maximum Gasteiger partial charge on any atom is 0.519 e. The zero-order valence-electron chi connectivity index (χ0n) is 15.2. The molecule has 0 radical (unpaired) electrons. The Morgan fingerprint density at radius 2 is 1.07 bits per heavy atom. The molecule has 3 aromatic rings. The van der Waals surface area contributed by atoms with Gasteiger partial charge in [0.1, 0.15) is 17.2 Å². The Hall–Kier alpha value is -4.19. The molecule has 0 aromatic heterocycles. The molecule has 0 aliphatic heterocycles. The quantitative estimate of drug-likeness (QED) is 0.202. The van der Waals surface area contributed by atoms with Crippen LogP contribution in [0.5, 0.6) is 17.2 Å². The van der Waals surface area contributed by atoms with E-state index in [0.29, 0.717) is 11.1 Å². The second-order valence-corrected chi connectivity index (χ2v) is 5.77. The average molecular weight is 388 g/mol. The molecule has 0 bridgehead atoms. The third-order valence-electron chi connectivity index (χ3n) is 3.76. The van der Waals surface area contributed by atoms with Gasteiger partial charge in [0.05, 0.1) is 0 Å². The van der Waals surface area contributed by atoms with Crippen LogP contribution in [0.25, 0.3) is 0 Å². The highest BCUT2D eigenvalue weighted by Gasteiger charge is 2.11. The summed E-state index contributed by atoms with van der Waals surface area (Å²) in [5, 5.41) is 0. The molecule has 0 saturated carbocycles. The molecule has 6 heteroatoms. The van der Waals surface area contributed by atoms with Crippen LogP contribution in [0.15, 0.2) is 91.5 Å². The highest BCUT2D eigenvalue weighted by Crippen LogP contribution is 2.20. The van der Waals surface area contributed by atoms with Crippen molar-refractivity contribution in [1.82, 2.24) is 0 Å². The molecule has 0 saturated heterocycles. The lowest BCUT2D eigenvalue weighted by atomic mass is 10.0. The highest BCUT2D eigenvalue weighted by molar-refractivity contribution is 6.09. The predicted octanol–water partition coefficient (Wildman–Crippen LogP) is 4.59. The molecule has 3 aromatic carbocycles. The number of ketones is 1. The van der Waals surface area contributed by atoms with E-state index < -0.39 is 12.1 Å². The molecule has 0 unspecified atom stereocenters. The average Bonchev–Trinajstić information content (AvgIpc) is 2.75. The fraction of sp³-hybridized carbons (Fsp3) is 0. The van der Waals surface area contributed by atoms with Gasteiger partial charge in [-0.15, -0.1) is 0 Å². The van der Waals surface area contributed by atoms with Gasteiger partial charge in [0, 0.05) is 17.2 Å². The molecular formula is C23H16O6. The van der Waals surface area contributed by atoms with Gasteiger partial charge < -0.3 is 14.2 Å². The molecular weight excluding hydrogens is 372 g/mol. The summed E-state index contributed by atoms with van der Waals surface area (Å²) in [5.74, 6) is 0.0129. The lowest BCUT2D eigenvalue weighted by Crippen LogP contribution is -2.14. The van der Waals surface area contributed by atoms with E-state index in [1.54, 1.807) is 36.4 Å². The first-order valence-corrected chi connectivity index (χ1v) is 8.59. The number of esters is 1. The van der Waals surface area contributed by atoms with Crippen LogP contribution in [-0.4, -0.2) is 17.9 Å². The Balaban J connectivity index is 1.57. The van der Waals surface area contributed by atoms with E-state index >= 15 is 0 Å². The topological polar surface area (TPSA) is 78.9 Å². The summed E-state index contributed by atoms with van der Waals surface area (Å²) in [7, 11) is 0. The van der Waals surface area contributed by atoms with E-state index in [2.05, 4.69) is 6.58 Å². The predicted molar refractivity (Wildman–Crippen MR) is 105 cm³/mol. The fourth-order valence-corrected chi connectivity index (χ4v) is 2.38. The Bertz CT molecular complexity index is 1020. The van der Waals surface area contributed by atoms with Crippen LogP contribution in [0.3, 0.4) is 0 Å². The number of hydrogen-bond acceptors (Lipinski definition) is 6. The van der Waals surface area contributed by atoms with Crippen LogP contribution < -0.4 is 14.2 Å². The van der Waals surface area contributed by atoms with Crippen LogP contribution in [0.2, 0.25) is 0 Å². The van der Waals surface area contributed by atoms with Crippen molar-refractivity contribution in [3.05, 3.63) is 103 Å². The van der Waals surface area contributed by atoms with Gasteiger partial charge in [-0.25, -0.2) is 9.59 Å². The number of ether oxygens (including phenoxy) is 3. The molecule has 0 fully saturated rings. The van der Waals surface area contributed by atoms with E-state index in [1.165, 1.54) is 36.4 Å². The first-order valence-electron chi connectivity index (χ1n) is 8.59. The van der Waals surface area contributed by atoms with Crippen LogP contribution in [0.4, 0.5) is 4.79 Å². The SMILES string of the molecule is C=CC(=O)Oc1ccc(OC(=O)Oc2ccc(C(=O)c3ccccc3)cc2)cc1. The van der Waals surface area contributed by atoms with Gasteiger partial charge in [-0.2, -0.15) is 0 Å². The van der Waals surface area contributed by atoms with Crippen molar-refractivity contribution in [3.63, 3.8) is 0 Å². The summed E-state index contributed by atoms with van der Waals surface area (Å²) in [5.41, 5.74) is 1.05. The Labute approximate surface area is 167 Å². The Morgan fingerprint density at radius 3 is 1.59 bits per heavy atom. The van der Waals surface area contributed by atoms with Crippen LogP contribution in [0.1, 0.15) is 15.9 Å². The van der Waals surface area contributed by atoms with Crippen molar-refractivity contribution in [1.29, 1.82) is 0 Å². The third kappa shape index (κ3) is 5.40. The summed E-state index contributed by atoms with van der Waals surface area (Å²) in [4.78, 5) is 35.4. The van der Waals surface area contributed by atoms with Gasteiger partial charge >= 0.3 is 12.1 Å². The van der Waals surface area contributed by atoms with E-state index in [1.807, 2.05) is 6.07 Å². The summed E-state index contributed by atoms with van der Waals surface area (Å²) in [6.45, 7) is 3.30. The molecule has 0 N–H and O–H groups in total. The zero-order valence-corrected chi connectivity index (χ0v) is 15.2. The molecule has 144 valence electrons. The molecule has 3 rings (SSSR count). The summed E-state index contributed by atoms with van der Waals surface area (Å²) >= 11 is 0. The van der Waals surface area contributed by atoms with Gasteiger partial charge in [0.15, 0.2) is 5.78 Å². The third-order valence-corrected chi connectivity index (χ3v) is 3.76. The molecule has 0 aliphatic rings. The van der Waals surface area contributed by atoms with Crippen LogP contribution >= 0.6 is 0 Å². The maximum atomic E-state index is 12.4. The van der Waals surface area contributed by atoms with Crippen LogP contribution in [-0.2, 0) is 4.79 Å². The lowest BCUT2D eigenvalue weighted by Gasteiger charge is -2.07. The summed E-state index contributed by atoms with van der Waals surface area (Å²) < 4.78 is 15.1. The first kappa shape index (κ1) is 19.6. The Morgan fingerprint density at radius 1 is 0.621 bits per heavy atom.